The van der Waals surface area contributed by atoms with E-state index in [1.54, 1.807) is 7.11 Å². The van der Waals surface area contributed by atoms with Crippen LogP contribution in [0.15, 0.2) is 24.3 Å². The van der Waals surface area contributed by atoms with Crippen molar-refractivity contribution in [2.75, 3.05) is 34.3 Å². The van der Waals surface area contributed by atoms with Crippen LogP contribution in [0.2, 0.25) is 0 Å². The fourth-order valence-corrected chi connectivity index (χ4v) is 2.62. The van der Waals surface area contributed by atoms with E-state index < -0.39 is 0 Å². The summed E-state index contributed by atoms with van der Waals surface area (Å²) in [5.41, 5.74) is 1.35. The Balaban J connectivity index is 1.87. The Bertz CT molecular complexity index is 371. The van der Waals surface area contributed by atoms with Crippen molar-refractivity contribution in [3.8, 4) is 5.75 Å². The van der Waals surface area contributed by atoms with Crippen LogP contribution in [0.4, 0.5) is 0 Å². The van der Waals surface area contributed by atoms with Crippen LogP contribution in [0.1, 0.15) is 18.4 Å². The highest BCUT2D eigenvalue weighted by atomic mass is 16.5. The topological polar surface area (TPSA) is 15.7 Å². The van der Waals surface area contributed by atoms with Gasteiger partial charge >= 0.3 is 0 Å². The van der Waals surface area contributed by atoms with Gasteiger partial charge in [0.2, 0.25) is 0 Å². The first-order chi connectivity index (χ1) is 8.69. The quantitative estimate of drug-likeness (QED) is 0.812. The van der Waals surface area contributed by atoms with Gasteiger partial charge in [0, 0.05) is 12.6 Å². The molecule has 1 aliphatic rings. The monoisotopic (exact) mass is 248 g/mol. The summed E-state index contributed by atoms with van der Waals surface area (Å²) in [6, 6.07) is 9.15. The Labute approximate surface area is 110 Å². The number of benzene rings is 1. The second-order valence-electron chi connectivity index (χ2n) is 5.32. The molecule has 1 aliphatic heterocycles. The van der Waals surface area contributed by atoms with Gasteiger partial charge in [-0.15, -0.1) is 0 Å². The Morgan fingerprint density at radius 1 is 1.28 bits per heavy atom. The molecule has 0 amide bonds. The molecule has 3 nitrogen and oxygen atoms in total. The smallest absolute Gasteiger partial charge is 0.119 e. The van der Waals surface area contributed by atoms with E-state index in [1.807, 2.05) is 6.07 Å². The summed E-state index contributed by atoms with van der Waals surface area (Å²) in [7, 11) is 6.09. The molecule has 1 aromatic carbocycles. The predicted molar refractivity (Wildman–Crippen MR) is 75.0 cm³/mol. The van der Waals surface area contributed by atoms with Crippen LogP contribution in [0.3, 0.4) is 0 Å². The number of nitrogens with zero attached hydrogens (tertiary/aromatic N) is 2. The molecule has 2 rings (SSSR count). The first kappa shape index (κ1) is 13.4. The zero-order chi connectivity index (χ0) is 13.0. The molecule has 18 heavy (non-hydrogen) atoms. The van der Waals surface area contributed by atoms with Gasteiger partial charge in [-0.3, -0.25) is 4.90 Å². The van der Waals surface area contributed by atoms with E-state index in [1.165, 1.54) is 31.5 Å². The maximum atomic E-state index is 5.27. The lowest BCUT2D eigenvalue weighted by Gasteiger charge is -2.35. The first-order valence-electron chi connectivity index (χ1n) is 6.71. The second-order valence-corrected chi connectivity index (χ2v) is 5.32. The summed E-state index contributed by atoms with van der Waals surface area (Å²) in [6.07, 6.45) is 2.55. The number of rotatable bonds is 4. The van der Waals surface area contributed by atoms with Gasteiger partial charge in [-0.2, -0.15) is 0 Å². The maximum absolute atomic E-state index is 5.27. The van der Waals surface area contributed by atoms with Gasteiger partial charge in [0.15, 0.2) is 0 Å². The Morgan fingerprint density at radius 3 is 2.61 bits per heavy atom. The van der Waals surface area contributed by atoms with Crippen molar-refractivity contribution in [1.29, 1.82) is 0 Å². The average molecular weight is 248 g/mol. The van der Waals surface area contributed by atoms with Crippen molar-refractivity contribution in [2.24, 2.45) is 0 Å². The number of hydrogen-bond donors (Lipinski definition) is 0. The lowest BCUT2D eigenvalue weighted by atomic mass is 10.0. The number of methoxy groups -OCH3 is 1. The van der Waals surface area contributed by atoms with Crippen LogP contribution < -0.4 is 4.74 Å². The van der Waals surface area contributed by atoms with E-state index >= 15 is 0 Å². The fourth-order valence-electron chi connectivity index (χ4n) is 2.62. The van der Waals surface area contributed by atoms with Gasteiger partial charge < -0.3 is 9.64 Å². The van der Waals surface area contributed by atoms with Gasteiger partial charge in [-0.05, 0) is 57.7 Å². The Hall–Kier alpha value is -1.06. The lowest BCUT2D eigenvalue weighted by molar-refractivity contribution is 0.140. The number of likely N-dealkylation sites (tertiary alicyclic amines) is 1. The predicted octanol–water partition coefficient (Wildman–Crippen LogP) is 2.22. The van der Waals surface area contributed by atoms with Crippen LogP contribution in [-0.2, 0) is 6.54 Å². The highest BCUT2D eigenvalue weighted by Gasteiger charge is 2.20. The minimum Gasteiger partial charge on any atom is -0.497 e. The zero-order valence-electron chi connectivity index (χ0n) is 11.7. The van der Waals surface area contributed by atoms with Crippen LogP contribution in [0.25, 0.3) is 0 Å². The van der Waals surface area contributed by atoms with E-state index in [9.17, 15) is 0 Å². The second kappa shape index (κ2) is 6.21. The van der Waals surface area contributed by atoms with Gasteiger partial charge in [0.25, 0.3) is 0 Å². The van der Waals surface area contributed by atoms with Crippen molar-refractivity contribution in [3.63, 3.8) is 0 Å². The van der Waals surface area contributed by atoms with Crippen molar-refractivity contribution in [3.05, 3.63) is 29.8 Å². The number of piperidine rings is 1. The van der Waals surface area contributed by atoms with Gasteiger partial charge in [-0.1, -0.05) is 12.1 Å². The number of hydrogen-bond acceptors (Lipinski definition) is 3. The molecule has 0 atom stereocenters. The normalized spacial score (nSPS) is 18.2. The minimum atomic E-state index is 0.756. The van der Waals surface area contributed by atoms with Gasteiger partial charge in [-0.25, -0.2) is 0 Å². The van der Waals surface area contributed by atoms with Gasteiger partial charge in [0.1, 0.15) is 5.75 Å². The van der Waals surface area contributed by atoms with Crippen LogP contribution in [0, 0.1) is 0 Å². The third kappa shape index (κ3) is 3.47. The SMILES string of the molecule is COc1cccc(CN2CCC(N(C)C)CC2)c1. The van der Waals surface area contributed by atoms with E-state index in [4.69, 9.17) is 4.74 Å². The molecule has 0 aliphatic carbocycles. The molecular formula is C15H24N2O. The van der Waals surface area contributed by atoms with Crippen LogP contribution in [-0.4, -0.2) is 50.1 Å². The van der Waals surface area contributed by atoms with E-state index in [-0.39, 0.29) is 0 Å². The summed E-state index contributed by atoms with van der Waals surface area (Å²) < 4.78 is 5.27. The fraction of sp³-hybridized carbons (Fsp3) is 0.600. The minimum absolute atomic E-state index is 0.756. The summed E-state index contributed by atoms with van der Waals surface area (Å²) in [6.45, 7) is 3.43. The highest BCUT2D eigenvalue weighted by molar-refractivity contribution is 5.28. The highest BCUT2D eigenvalue weighted by Crippen LogP contribution is 2.18. The molecule has 0 spiro atoms. The largest absolute Gasteiger partial charge is 0.497 e. The molecule has 0 saturated carbocycles. The molecule has 0 aromatic heterocycles. The van der Waals surface area contributed by atoms with Crippen molar-refractivity contribution in [1.82, 2.24) is 9.80 Å². The van der Waals surface area contributed by atoms with Crippen molar-refractivity contribution < 1.29 is 4.74 Å². The third-order valence-corrected chi connectivity index (χ3v) is 3.83. The van der Waals surface area contributed by atoms with E-state index in [0.29, 0.717) is 0 Å². The summed E-state index contributed by atoms with van der Waals surface area (Å²) in [5, 5.41) is 0. The third-order valence-electron chi connectivity index (χ3n) is 3.83. The Kier molecular flexibility index (Phi) is 4.61. The molecule has 0 bridgehead atoms. The molecule has 100 valence electrons. The van der Waals surface area contributed by atoms with Crippen LogP contribution in [0.5, 0.6) is 5.75 Å². The van der Waals surface area contributed by atoms with Crippen LogP contribution >= 0.6 is 0 Å². The zero-order valence-corrected chi connectivity index (χ0v) is 11.7. The molecule has 0 radical (unpaired) electrons. The molecule has 1 fully saturated rings. The molecule has 1 saturated heterocycles. The van der Waals surface area contributed by atoms with Crippen molar-refractivity contribution >= 4 is 0 Å². The van der Waals surface area contributed by atoms with E-state index in [2.05, 4.69) is 42.1 Å². The average Bonchev–Trinajstić information content (AvgIpc) is 2.39. The Morgan fingerprint density at radius 2 is 2.00 bits per heavy atom. The summed E-state index contributed by atoms with van der Waals surface area (Å²) in [5.74, 6) is 0.954. The first-order valence-corrected chi connectivity index (χ1v) is 6.71. The molecule has 3 heteroatoms. The molecule has 1 aromatic rings. The molecular weight excluding hydrogens is 224 g/mol. The summed E-state index contributed by atoms with van der Waals surface area (Å²) >= 11 is 0. The molecule has 0 unspecified atom stereocenters. The number of ether oxygens (including phenoxy) is 1. The summed E-state index contributed by atoms with van der Waals surface area (Å²) in [4.78, 5) is 4.89. The van der Waals surface area contributed by atoms with Gasteiger partial charge in [0.05, 0.1) is 7.11 Å². The molecule has 1 heterocycles. The molecule has 0 N–H and O–H groups in total. The standard InChI is InChI=1S/C15H24N2O/c1-16(2)14-7-9-17(10-8-14)12-13-5-4-6-15(11-13)18-3/h4-6,11,14H,7-10,12H2,1-3H3. The lowest BCUT2D eigenvalue weighted by Crippen LogP contribution is -2.41. The van der Waals surface area contributed by atoms with E-state index in [0.717, 1.165) is 18.3 Å². The van der Waals surface area contributed by atoms with Crippen molar-refractivity contribution in [2.45, 2.75) is 25.4 Å². The maximum Gasteiger partial charge on any atom is 0.119 e.